The van der Waals surface area contributed by atoms with E-state index in [4.69, 9.17) is 4.74 Å². The summed E-state index contributed by atoms with van der Waals surface area (Å²) < 4.78 is 60.8. The molecule has 2 radical (unpaired) electrons. The van der Waals surface area contributed by atoms with Crippen molar-refractivity contribution >= 4 is 22.4 Å². The number of allylic oxidation sites excluding steroid dienone is 2. The van der Waals surface area contributed by atoms with Gasteiger partial charge < -0.3 is 0 Å². The van der Waals surface area contributed by atoms with Gasteiger partial charge in [0.1, 0.15) is 0 Å². The fourth-order valence-corrected chi connectivity index (χ4v) is 4.59. The summed E-state index contributed by atoms with van der Waals surface area (Å²) in [4.78, 5) is 5.56. The summed E-state index contributed by atoms with van der Waals surface area (Å²) in [6.07, 6.45) is 0.156. The van der Waals surface area contributed by atoms with Gasteiger partial charge >= 0.3 is 204 Å². The van der Waals surface area contributed by atoms with Crippen molar-refractivity contribution < 1.29 is 22.3 Å². The quantitative estimate of drug-likeness (QED) is 0.292. The van der Waals surface area contributed by atoms with E-state index < -0.39 is 12.2 Å². The standard InChI is InChI=1S/C26H21AsF4N2O/c27-25-22(20-12-14-32-24(16-20)34-17-19-4-2-1-3-5-19)10-11-23(26(29,30)31)33(25)15-13-18-6-8-21(28)9-7-18/h1-12,14,16,23H,13,15,17H2. The molecule has 0 spiro atoms. The zero-order chi connectivity index (χ0) is 24.1. The van der Waals surface area contributed by atoms with Crippen molar-refractivity contribution in [3.63, 3.8) is 0 Å². The second-order valence-electron chi connectivity index (χ2n) is 7.81. The Morgan fingerprint density at radius 1 is 0.971 bits per heavy atom. The summed E-state index contributed by atoms with van der Waals surface area (Å²) in [5, 5.41) is 0. The molecule has 0 fully saturated rings. The SMILES string of the molecule is Fc1ccc(CCN2C([As])=C(c3ccnc(OCc4ccccc4)c3)C=CC2C(F)(F)F)cc1. The van der Waals surface area contributed by atoms with E-state index in [0.29, 0.717) is 34.5 Å². The molecule has 1 aromatic heterocycles. The van der Waals surface area contributed by atoms with Crippen molar-refractivity contribution in [3.8, 4) is 5.88 Å². The van der Waals surface area contributed by atoms with Crippen LogP contribution >= 0.6 is 0 Å². The molecule has 1 atom stereocenters. The van der Waals surface area contributed by atoms with Crippen LogP contribution in [0.2, 0.25) is 0 Å². The Morgan fingerprint density at radius 3 is 2.41 bits per heavy atom. The summed E-state index contributed by atoms with van der Waals surface area (Å²) >= 11 is 2.26. The maximum atomic E-state index is 13.8. The van der Waals surface area contributed by atoms with Gasteiger partial charge in [-0.05, 0) is 0 Å². The second-order valence-corrected chi connectivity index (χ2v) is 8.70. The Labute approximate surface area is 204 Å². The van der Waals surface area contributed by atoms with Gasteiger partial charge in [-0.25, -0.2) is 0 Å². The molecule has 0 bridgehead atoms. The average molecular weight is 528 g/mol. The van der Waals surface area contributed by atoms with E-state index >= 15 is 0 Å². The van der Waals surface area contributed by atoms with Crippen LogP contribution in [0.5, 0.6) is 5.88 Å². The van der Waals surface area contributed by atoms with Crippen LogP contribution in [0.4, 0.5) is 17.6 Å². The van der Waals surface area contributed by atoms with Gasteiger partial charge in [-0.1, -0.05) is 0 Å². The Bertz CT molecular complexity index is 1180. The van der Waals surface area contributed by atoms with Crippen molar-refractivity contribution in [2.45, 2.75) is 25.2 Å². The van der Waals surface area contributed by atoms with E-state index in [9.17, 15) is 17.6 Å². The molecule has 8 heteroatoms. The molecule has 34 heavy (non-hydrogen) atoms. The van der Waals surface area contributed by atoms with Crippen LogP contribution < -0.4 is 4.74 Å². The number of pyridine rings is 1. The van der Waals surface area contributed by atoms with E-state index in [-0.39, 0.29) is 12.4 Å². The zero-order valence-electron chi connectivity index (χ0n) is 18.0. The molecule has 1 aliphatic rings. The maximum absolute atomic E-state index is 13.8. The van der Waals surface area contributed by atoms with Crippen LogP contribution in [0.25, 0.3) is 5.57 Å². The van der Waals surface area contributed by atoms with Crippen molar-refractivity contribution in [2.75, 3.05) is 6.54 Å². The van der Waals surface area contributed by atoms with Crippen LogP contribution in [-0.2, 0) is 13.0 Å². The summed E-state index contributed by atoms with van der Waals surface area (Å²) in [5.74, 6) is 0.00851. The number of hydrogen-bond donors (Lipinski definition) is 0. The van der Waals surface area contributed by atoms with Crippen LogP contribution in [0, 0.1) is 5.82 Å². The van der Waals surface area contributed by atoms with Crippen molar-refractivity contribution in [2.24, 2.45) is 0 Å². The Kier molecular flexibility index (Phi) is 7.42. The van der Waals surface area contributed by atoms with Gasteiger partial charge in [0.25, 0.3) is 0 Å². The minimum atomic E-state index is -4.43. The first-order valence-corrected chi connectivity index (χ1v) is 11.6. The third kappa shape index (κ3) is 5.89. The number of halogens is 4. The van der Waals surface area contributed by atoms with Gasteiger partial charge in [-0.2, -0.15) is 0 Å². The minimum absolute atomic E-state index is 0.121. The molecule has 4 rings (SSSR count). The molecule has 0 saturated carbocycles. The number of benzene rings is 2. The van der Waals surface area contributed by atoms with Gasteiger partial charge in [0.2, 0.25) is 0 Å². The van der Waals surface area contributed by atoms with Crippen molar-refractivity contribution in [3.05, 3.63) is 112 Å². The fraction of sp³-hybridized carbons (Fsp3) is 0.192. The molecule has 3 nitrogen and oxygen atoms in total. The Hall–Kier alpha value is -3.05. The predicted molar refractivity (Wildman–Crippen MR) is 123 cm³/mol. The Morgan fingerprint density at radius 2 is 1.71 bits per heavy atom. The molecule has 0 N–H and O–H groups in total. The average Bonchev–Trinajstić information content (AvgIpc) is 2.83. The number of alkyl halides is 3. The van der Waals surface area contributed by atoms with Gasteiger partial charge in [0.15, 0.2) is 0 Å². The molecule has 0 amide bonds. The molecule has 2 aromatic carbocycles. The zero-order valence-corrected chi connectivity index (χ0v) is 19.9. The molecular formula is C26H21AsF4N2O. The van der Waals surface area contributed by atoms with Gasteiger partial charge in [-0.15, -0.1) is 0 Å². The van der Waals surface area contributed by atoms with E-state index in [0.717, 1.165) is 11.1 Å². The normalized spacial score (nSPS) is 16.1. The molecule has 1 unspecified atom stereocenters. The molecular weight excluding hydrogens is 507 g/mol. The first kappa shape index (κ1) is 24.1. The third-order valence-electron chi connectivity index (χ3n) is 5.46. The molecule has 2 heterocycles. The number of ether oxygens (including phenoxy) is 1. The van der Waals surface area contributed by atoms with E-state index in [2.05, 4.69) is 21.8 Å². The van der Waals surface area contributed by atoms with Gasteiger partial charge in [0, 0.05) is 0 Å². The Balaban J connectivity index is 1.57. The molecule has 3 aromatic rings. The van der Waals surface area contributed by atoms with Crippen LogP contribution in [0.1, 0.15) is 16.7 Å². The van der Waals surface area contributed by atoms with Gasteiger partial charge in [0.05, 0.1) is 0 Å². The second kappa shape index (κ2) is 10.5. The summed E-state index contributed by atoms with van der Waals surface area (Å²) in [7, 11) is 0. The number of rotatable bonds is 7. The van der Waals surface area contributed by atoms with Crippen LogP contribution in [-0.4, -0.2) is 45.5 Å². The monoisotopic (exact) mass is 528 g/mol. The summed E-state index contributed by atoms with van der Waals surface area (Å²) in [6, 6.07) is 17.1. The molecule has 0 aliphatic carbocycles. The molecule has 0 saturated heterocycles. The van der Waals surface area contributed by atoms with Crippen LogP contribution in [0.3, 0.4) is 0 Å². The van der Waals surface area contributed by atoms with E-state index in [1.807, 2.05) is 30.3 Å². The van der Waals surface area contributed by atoms with Crippen LogP contribution in [0.15, 0.2) is 89.6 Å². The number of nitrogens with zero attached hydrogens (tertiary/aromatic N) is 2. The van der Waals surface area contributed by atoms with E-state index in [1.165, 1.54) is 29.2 Å². The van der Waals surface area contributed by atoms with Crippen molar-refractivity contribution in [1.82, 2.24) is 9.88 Å². The first-order valence-electron chi connectivity index (χ1n) is 10.6. The predicted octanol–water partition coefficient (Wildman–Crippen LogP) is 5.68. The summed E-state index contributed by atoms with van der Waals surface area (Å²) in [6.45, 7) is 0.456. The fourth-order valence-electron chi connectivity index (χ4n) is 3.70. The van der Waals surface area contributed by atoms with Crippen molar-refractivity contribution in [1.29, 1.82) is 0 Å². The van der Waals surface area contributed by atoms with Gasteiger partial charge in [-0.3, -0.25) is 0 Å². The summed E-state index contributed by atoms with van der Waals surface area (Å²) in [5.41, 5.74) is 3.10. The molecule has 1 aliphatic heterocycles. The number of hydrogen-bond acceptors (Lipinski definition) is 3. The molecule has 174 valence electrons. The number of aromatic nitrogens is 1. The third-order valence-corrected chi connectivity index (χ3v) is 6.50. The van der Waals surface area contributed by atoms with E-state index in [1.54, 1.807) is 30.5 Å². The first-order chi connectivity index (χ1) is 16.3. The topological polar surface area (TPSA) is 25.4 Å².